The summed E-state index contributed by atoms with van der Waals surface area (Å²) in [6.45, 7) is 3.38. The van der Waals surface area contributed by atoms with Crippen molar-refractivity contribution in [3.05, 3.63) is 24.3 Å². The van der Waals surface area contributed by atoms with Gasteiger partial charge in [-0.3, -0.25) is 23.4 Å². The molecule has 1 aliphatic carbocycles. The molecule has 94 heavy (non-hydrogen) atoms. The van der Waals surface area contributed by atoms with Crippen molar-refractivity contribution in [1.29, 1.82) is 0 Å². The van der Waals surface area contributed by atoms with Gasteiger partial charge in [0, 0.05) is 19.3 Å². The predicted molar refractivity (Wildman–Crippen MR) is 351 cm³/mol. The summed E-state index contributed by atoms with van der Waals surface area (Å²) in [5.41, 5.74) is 0. The van der Waals surface area contributed by atoms with Gasteiger partial charge in [0.25, 0.3) is 0 Å². The van der Waals surface area contributed by atoms with Crippen molar-refractivity contribution in [3.8, 4) is 0 Å². The maximum atomic E-state index is 14.3. The molecule has 0 aromatic rings. The second-order valence-electron chi connectivity index (χ2n) is 25.9. The van der Waals surface area contributed by atoms with Crippen molar-refractivity contribution in [1.82, 2.24) is 0 Å². The van der Waals surface area contributed by atoms with Crippen LogP contribution in [0.15, 0.2) is 24.3 Å². The highest BCUT2D eigenvalue weighted by Crippen LogP contribution is 2.49. The molecular formula is C69H125O24P. The first-order valence-corrected chi connectivity index (χ1v) is 37.6. The van der Waals surface area contributed by atoms with Crippen LogP contribution in [0.1, 0.15) is 265 Å². The molecule has 2 aliphatic heterocycles. The van der Waals surface area contributed by atoms with E-state index in [0.717, 1.165) is 96.3 Å². The second kappa shape index (κ2) is 51.6. The number of unbranched alkanes of at least 4 members (excludes halogenated alkanes) is 30. The minimum absolute atomic E-state index is 0.00788. The highest BCUT2D eigenvalue weighted by atomic mass is 31.2. The van der Waals surface area contributed by atoms with Crippen molar-refractivity contribution in [2.24, 2.45) is 0 Å². The quantitative estimate of drug-likeness (QED) is 0.00889. The molecule has 1 saturated carbocycles. The summed E-state index contributed by atoms with van der Waals surface area (Å²) in [6.07, 6.45) is 9.92. The fourth-order valence-electron chi connectivity index (χ4n) is 11.7. The van der Waals surface area contributed by atoms with Crippen molar-refractivity contribution in [2.45, 2.75) is 369 Å². The number of aliphatic hydroxyl groups excluding tert-OH is 10. The normalized spacial score (nSPS) is 28.4. The molecule has 0 bridgehead atoms. The molecule has 0 radical (unpaired) electrons. The SMILES string of the molecule is CCCCCCCCC/C=C\CCCCCC(=O)OCC(COP(=O)(O)OC1C(OC2OC(CO)C(O)C(O)C2O)C(O)C(O)C(O)C1OC1OC(COC(=O)CCCCC/C=C\CCCCCCCCC)C(O)C(O)C1O)OC(=O)CCCCCCCCCCCCC. The van der Waals surface area contributed by atoms with Crippen LogP contribution in [0, 0.1) is 0 Å². The lowest BCUT2D eigenvalue weighted by atomic mass is 9.84. The standard InChI is InChI=1S/C69H125O24P/c1-4-7-10-13-16-19-22-24-26-29-31-34-37-40-43-53(71)85-47-50(88-55(73)45-42-39-36-33-28-21-18-15-12-9-6-3)48-87-94(83,84)93-67-65(91-68-63(81)58(76)56(74)51(46-70)89-68)61(79)60(78)62(80)66(67)92-69-64(82)59(77)57(75)52(90-69)49-86-54(72)44-41-38-35-32-30-27-25-23-20-17-14-11-8-5-2/h26-27,29-30,50-52,56-70,74-82H,4-25,28,31-49H2,1-3H3,(H,83,84)/b29-26-,30-27-. The van der Waals surface area contributed by atoms with Gasteiger partial charge in [0.05, 0.1) is 13.2 Å². The van der Waals surface area contributed by atoms with Gasteiger partial charge in [-0.05, 0) is 70.6 Å². The van der Waals surface area contributed by atoms with Gasteiger partial charge in [-0.15, -0.1) is 0 Å². The van der Waals surface area contributed by atoms with Gasteiger partial charge >= 0.3 is 25.7 Å². The molecule has 550 valence electrons. The van der Waals surface area contributed by atoms with E-state index in [-0.39, 0.29) is 19.3 Å². The predicted octanol–water partition coefficient (Wildman–Crippen LogP) is 8.96. The molecule has 3 fully saturated rings. The van der Waals surface area contributed by atoms with E-state index >= 15 is 0 Å². The monoisotopic (exact) mass is 1370 g/mol. The van der Waals surface area contributed by atoms with E-state index in [1.165, 1.54) is 109 Å². The van der Waals surface area contributed by atoms with Gasteiger partial charge < -0.3 is 89.1 Å². The smallest absolute Gasteiger partial charge is 0.463 e. The Balaban J connectivity index is 1.75. The molecule has 3 rings (SSSR count). The molecule has 0 aromatic carbocycles. The molecule has 11 N–H and O–H groups in total. The lowest BCUT2D eigenvalue weighted by Crippen LogP contribution is -2.69. The molecule has 0 amide bonds. The van der Waals surface area contributed by atoms with E-state index in [4.69, 9.17) is 42.2 Å². The molecule has 2 saturated heterocycles. The van der Waals surface area contributed by atoms with Crippen LogP contribution in [-0.2, 0) is 61.2 Å². The molecular weight excluding hydrogens is 1240 g/mol. The zero-order valence-electron chi connectivity index (χ0n) is 57.0. The van der Waals surface area contributed by atoms with Crippen LogP contribution in [0.25, 0.3) is 0 Å². The third-order valence-electron chi connectivity index (χ3n) is 17.7. The fourth-order valence-corrected chi connectivity index (χ4v) is 12.7. The molecule has 24 nitrogen and oxygen atoms in total. The maximum absolute atomic E-state index is 14.3. The number of rotatable bonds is 55. The number of hydrogen-bond acceptors (Lipinski definition) is 23. The van der Waals surface area contributed by atoms with Crippen molar-refractivity contribution >= 4 is 25.7 Å². The Bertz CT molecular complexity index is 2050. The van der Waals surface area contributed by atoms with Crippen molar-refractivity contribution < 1.29 is 117 Å². The summed E-state index contributed by atoms with van der Waals surface area (Å²) in [6, 6.07) is 0. The summed E-state index contributed by atoms with van der Waals surface area (Å²) >= 11 is 0. The first-order valence-electron chi connectivity index (χ1n) is 36.1. The zero-order valence-corrected chi connectivity index (χ0v) is 57.9. The number of phosphoric acid groups is 1. The number of aliphatic hydroxyl groups is 10. The Labute approximate surface area is 560 Å². The Morgan fingerprint density at radius 1 is 0.404 bits per heavy atom. The van der Waals surface area contributed by atoms with Crippen LogP contribution < -0.4 is 0 Å². The van der Waals surface area contributed by atoms with E-state index in [0.29, 0.717) is 19.3 Å². The summed E-state index contributed by atoms with van der Waals surface area (Å²) in [5, 5.41) is 110. The highest BCUT2D eigenvalue weighted by molar-refractivity contribution is 7.47. The van der Waals surface area contributed by atoms with Gasteiger partial charge in [-0.2, -0.15) is 0 Å². The average Bonchev–Trinajstić information content (AvgIpc) is 0.766. The molecule has 18 atom stereocenters. The number of hydrogen-bond donors (Lipinski definition) is 11. The number of carbonyl (C=O) groups is 3. The van der Waals surface area contributed by atoms with Gasteiger partial charge in [0.15, 0.2) is 18.7 Å². The number of esters is 3. The van der Waals surface area contributed by atoms with Crippen LogP contribution in [0.2, 0.25) is 0 Å². The molecule has 18 unspecified atom stereocenters. The molecule has 0 spiro atoms. The van der Waals surface area contributed by atoms with Gasteiger partial charge in [-0.1, -0.05) is 199 Å². The summed E-state index contributed by atoms with van der Waals surface area (Å²) in [7, 11) is -5.69. The number of ether oxygens (including phenoxy) is 7. The summed E-state index contributed by atoms with van der Waals surface area (Å²) in [4.78, 5) is 50.8. The maximum Gasteiger partial charge on any atom is 0.472 e. The second-order valence-corrected chi connectivity index (χ2v) is 27.4. The van der Waals surface area contributed by atoms with E-state index in [1.54, 1.807) is 0 Å². The van der Waals surface area contributed by atoms with Gasteiger partial charge in [-0.25, -0.2) is 4.57 Å². The topological polar surface area (TPSA) is 374 Å². The third kappa shape index (κ3) is 35.0. The first kappa shape index (κ1) is 85.7. The summed E-state index contributed by atoms with van der Waals surface area (Å²) in [5.74, 6) is -2.02. The van der Waals surface area contributed by atoms with E-state index in [9.17, 15) is 74.9 Å². The minimum atomic E-state index is -5.69. The van der Waals surface area contributed by atoms with Crippen LogP contribution in [0.4, 0.5) is 0 Å². The van der Waals surface area contributed by atoms with Crippen LogP contribution in [-0.4, -0.2) is 204 Å². The largest absolute Gasteiger partial charge is 0.472 e. The Kier molecular flexibility index (Phi) is 47.0. The highest BCUT2D eigenvalue weighted by Gasteiger charge is 2.58. The number of carbonyl (C=O) groups excluding carboxylic acids is 3. The molecule has 3 aliphatic rings. The van der Waals surface area contributed by atoms with Crippen molar-refractivity contribution in [3.63, 3.8) is 0 Å². The van der Waals surface area contributed by atoms with E-state index in [1.807, 2.05) is 0 Å². The Morgan fingerprint density at radius 3 is 1.16 bits per heavy atom. The number of phosphoric ester groups is 1. The molecule has 2 heterocycles. The van der Waals surface area contributed by atoms with Crippen LogP contribution in [0.3, 0.4) is 0 Å². The van der Waals surface area contributed by atoms with Gasteiger partial charge in [0.1, 0.15) is 98.7 Å². The van der Waals surface area contributed by atoms with E-state index < -0.39 is 156 Å². The fraction of sp³-hybridized carbons (Fsp3) is 0.899. The van der Waals surface area contributed by atoms with E-state index in [2.05, 4.69) is 45.1 Å². The van der Waals surface area contributed by atoms with Crippen LogP contribution in [0.5, 0.6) is 0 Å². The lowest BCUT2D eigenvalue weighted by Gasteiger charge is -2.49. The third-order valence-corrected chi connectivity index (χ3v) is 18.7. The number of allylic oxidation sites excluding steroid dienone is 4. The minimum Gasteiger partial charge on any atom is -0.463 e. The van der Waals surface area contributed by atoms with Crippen LogP contribution >= 0.6 is 7.82 Å². The summed E-state index contributed by atoms with van der Waals surface area (Å²) < 4.78 is 64.8. The molecule has 0 aromatic heterocycles. The van der Waals surface area contributed by atoms with Crippen molar-refractivity contribution in [2.75, 3.05) is 26.4 Å². The average molecular weight is 1370 g/mol. The Hall–Kier alpha value is -2.56. The lowest BCUT2D eigenvalue weighted by molar-refractivity contribution is -0.360. The Morgan fingerprint density at radius 2 is 0.745 bits per heavy atom. The zero-order chi connectivity index (χ0) is 68.9. The first-order chi connectivity index (χ1) is 45.3. The molecule has 25 heteroatoms. The van der Waals surface area contributed by atoms with Gasteiger partial charge in [0.2, 0.25) is 0 Å².